The summed E-state index contributed by atoms with van der Waals surface area (Å²) in [6.45, 7) is 2.37. The number of likely N-dealkylation sites (N-methyl/N-ethyl adjacent to an activating group) is 1. The number of benzene rings is 1. The normalized spacial score (nSPS) is 12.6. The van der Waals surface area contributed by atoms with Gasteiger partial charge in [-0.3, -0.25) is 4.79 Å². The molecule has 2 N–H and O–H groups in total. The number of aliphatic hydroxyl groups is 1. The molecule has 1 amide bonds. The summed E-state index contributed by atoms with van der Waals surface area (Å²) >= 11 is 1.62. The maximum absolute atomic E-state index is 12.1. The molecule has 21 heavy (non-hydrogen) atoms. The Morgan fingerprint density at radius 2 is 2.29 bits per heavy atom. The number of aryl methyl sites for hydroxylation is 1. The van der Waals surface area contributed by atoms with Crippen molar-refractivity contribution in [3.05, 3.63) is 29.6 Å². The molecule has 0 unspecified atom stereocenters. The summed E-state index contributed by atoms with van der Waals surface area (Å²) in [6, 6.07) is 5.95. The van der Waals surface area contributed by atoms with Gasteiger partial charge in [0, 0.05) is 7.05 Å². The van der Waals surface area contributed by atoms with Gasteiger partial charge in [-0.2, -0.15) is 11.8 Å². The first-order valence-corrected chi connectivity index (χ1v) is 8.28. The Kier molecular flexibility index (Phi) is 5.25. The quantitative estimate of drug-likeness (QED) is 0.856. The van der Waals surface area contributed by atoms with Crippen molar-refractivity contribution in [1.29, 1.82) is 0 Å². The first-order chi connectivity index (χ1) is 10.0. The van der Waals surface area contributed by atoms with Gasteiger partial charge >= 0.3 is 0 Å². The predicted molar refractivity (Wildman–Crippen MR) is 86.3 cm³/mol. The third-order valence-electron chi connectivity index (χ3n) is 3.41. The highest BCUT2D eigenvalue weighted by atomic mass is 32.2. The summed E-state index contributed by atoms with van der Waals surface area (Å²) in [4.78, 5) is 21.3. The van der Waals surface area contributed by atoms with E-state index in [9.17, 15) is 9.90 Å². The van der Waals surface area contributed by atoms with Crippen LogP contribution in [-0.2, 0) is 11.3 Å². The highest BCUT2D eigenvalue weighted by Crippen LogP contribution is 2.16. The summed E-state index contributed by atoms with van der Waals surface area (Å²) in [5.41, 5.74) is 2.99. The highest BCUT2D eigenvalue weighted by Gasteiger charge is 2.20. The number of aromatic nitrogens is 2. The van der Waals surface area contributed by atoms with Crippen LogP contribution in [0.15, 0.2) is 18.2 Å². The molecule has 1 aromatic carbocycles. The van der Waals surface area contributed by atoms with Crippen molar-refractivity contribution in [2.75, 3.05) is 19.1 Å². The lowest BCUT2D eigenvalue weighted by atomic mass is 10.2. The minimum absolute atomic E-state index is 0.263. The number of nitrogens with one attached hydrogen (secondary N) is 1. The Morgan fingerprint density at radius 1 is 1.52 bits per heavy atom. The number of hydrogen-bond donors (Lipinski definition) is 2. The van der Waals surface area contributed by atoms with E-state index in [0.29, 0.717) is 13.0 Å². The molecule has 0 aliphatic heterocycles. The van der Waals surface area contributed by atoms with Crippen LogP contribution in [0.5, 0.6) is 0 Å². The van der Waals surface area contributed by atoms with E-state index < -0.39 is 6.10 Å². The number of carbonyl (C=O) groups excluding carboxylic acids is 1. The summed E-state index contributed by atoms with van der Waals surface area (Å²) in [5, 5.41) is 9.85. The average Bonchev–Trinajstić information content (AvgIpc) is 2.87. The molecule has 0 aliphatic carbocycles. The fraction of sp³-hybridized carbons (Fsp3) is 0.467. The van der Waals surface area contributed by atoms with Gasteiger partial charge in [-0.05, 0) is 37.0 Å². The zero-order chi connectivity index (χ0) is 15.4. The van der Waals surface area contributed by atoms with Crippen molar-refractivity contribution in [2.45, 2.75) is 26.0 Å². The lowest BCUT2D eigenvalue weighted by Gasteiger charge is -2.19. The Labute approximate surface area is 128 Å². The second-order valence-electron chi connectivity index (χ2n) is 5.15. The maximum Gasteiger partial charge on any atom is 0.251 e. The molecule has 0 radical (unpaired) electrons. The van der Waals surface area contributed by atoms with Crippen molar-refractivity contribution in [1.82, 2.24) is 14.9 Å². The van der Waals surface area contributed by atoms with E-state index in [2.05, 4.69) is 9.97 Å². The lowest BCUT2D eigenvalue weighted by molar-refractivity contribution is -0.139. The minimum Gasteiger partial charge on any atom is -0.383 e. The molecule has 0 saturated heterocycles. The summed E-state index contributed by atoms with van der Waals surface area (Å²) in [5.74, 6) is 1.23. The van der Waals surface area contributed by atoms with Crippen molar-refractivity contribution >= 4 is 28.7 Å². The minimum atomic E-state index is -0.937. The van der Waals surface area contributed by atoms with E-state index in [0.717, 1.165) is 28.2 Å². The second-order valence-corrected chi connectivity index (χ2v) is 6.13. The van der Waals surface area contributed by atoms with Crippen LogP contribution in [-0.4, -0.2) is 51.0 Å². The molecule has 0 spiro atoms. The number of para-hydroxylation sites is 1. The molecule has 6 heteroatoms. The number of carbonyl (C=O) groups is 1. The number of thioether (sulfide) groups is 1. The Hall–Kier alpha value is -1.53. The molecule has 0 saturated carbocycles. The van der Waals surface area contributed by atoms with Crippen LogP contribution >= 0.6 is 11.8 Å². The predicted octanol–water partition coefficient (Wildman–Crippen LogP) is 1.94. The van der Waals surface area contributed by atoms with E-state index in [-0.39, 0.29) is 5.91 Å². The molecule has 2 aromatic rings. The number of hydrogen-bond acceptors (Lipinski definition) is 4. The van der Waals surface area contributed by atoms with Crippen molar-refractivity contribution in [2.24, 2.45) is 0 Å². The van der Waals surface area contributed by atoms with E-state index in [1.165, 1.54) is 4.90 Å². The first kappa shape index (κ1) is 15.9. The van der Waals surface area contributed by atoms with Gasteiger partial charge in [-0.25, -0.2) is 4.98 Å². The van der Waals surface area contributed by atoms with Gasteiger partial charge in [0.2, 0.25) is 0 Å². The van der Waals surface area contributed by atoms with E-state index >= 15 is 0 Å². The largest absolute Gasteiger partial charge is 0.383 e. The van der Waals surface area contributed by atoms with Gasteiger partial charge in [0.05, 0.1) is 17.6 Å². The van der Waals surface area contributed by atoms with Gasteiger partial charge in [0.1, 0.15) is 11.9 Å². The fourth-order valence-electron chi connectivity index (χ4n) is 2.21. The van der Waals surface area contributed by atoms with Crippen LogP contribution in [0, 0.1) is 6.92 Å². The van der Waals surface area contributed by atoms with Gasteiger partial charge < -0.3 is 15.0 Å². The molecular weight excluding hydrogens is 286 g/mol. The topological polar surface area (TPSA) is 69.2 Å². The molecule has 2 rings (SSSR count). The van der Waals surface area contributed by atoms with Crippen LogP contribution in [0.3, 0.4) is 0 Å². The highest BCUT2D eigenvalue weighted by molar-refractivity contribution is 7.98. The number of imidazole rings is 1. The Bertz CT molecular complexity index is 626. The SMILES string of the molecule is CSCC[C@@H](O)C(=O)N(C)Cc1nc2c(C)cccc2[nH]1. The van der Waals surface area contributed by atoms with Crippen LogP contribution in [0.2, 0.25) is 0 Å². The molecule has 1 aromatic heterocycles. The number of rotatable bonds is 6. The van der Waals surface area contributed by atoms with Crippen molar-refractivity contribution in [3.8, 4) is 0 Å². The van der Waals surface area contributed by atoms with Crippen LogP contribution in [0.1, 0.15) is 17.8 Å². The molecule has 1 heterocycles. The molecule has 1 atom stereocenters. The third-order valence-corrected chi connectivity index (χ3v) is 4.05. The van der Waals surface area contributed by atoms with E-state index in [4.69, 9.17) is 0 Å². The van der Waals surface area contributed by atoms with Gasteiger partial charge in [0.25, 0.3) is 5.91 Å². The molecule has 114 valence electrons. The third kappa shape index (κ3) is 3.77. The molecule has 0 aliphatic rings. The monoisotopic (exact) mass is 307 g/mol. The number of nitrogens with zero attached hydrogens (tertiary/aromatic N) is 2. The van der Waals surface area contributed by atoms with E-state index in [1.807, 2.05) is 31.4 Å². The number of aliphatic hydroxyl groups excluding tert-OH is 1. The van der Waals surface area contributed by atoms with Crippen molar-refractivity contribution < 1.29 is 9.90 Å². The molecule has 5 nitrogen and oxygen atoms in total. The lowest BCUT2D eigenvalue weighted by Crippen LogP contribution is -2.36. The maximum atomic E-state index is 12.1. The summed E-state index contributed by atoms with van der Waals surface area (Å²) in [7, 11) is 1.69. The number of fused-ring (bicyclic) bond motifs is 1. The zero-order valence-electron chi connectivity index (χ0n) is 12.6. The molecule has 0 bridgehead atoms. The van der Waals surface area contributed by atoms with Crippen LogP contribution in [0.4, 0.5) is 0 Å². The Morgan fingerprint density at radius 3 is 2.95 bits per heavy atom. The summed E-state index contributed by atoms with van der Waals surface area (Å²) < 4.78 is 0. The second kappa shape index (κ2) is 6.95. The molecular formula is C15H21N3O2S. The molecule has 0 fully saturated rings. The van der Waals surface area contributed by atoms with Crippen molar-refractivity contribution in [3.63, 3.8) is 0 Å². The smallest absolute Gasteiger partial charge is 0.251 e. The fourth-order valence-corrected chi connectivity index (χ4v) is 2.67. The van der Waals surface area contributed by atoms with E-state index in [1.54, 1.807) is 18.8 Å². The zero-order valence-corrected chi connectivity index (χ0v) is 13.4. The van der Waals surface area contributed by atoms with Gasteiger partial charge in [-0.15, -0.1) is 0 Å². The summed E-state index contributed by atoms with van der Waals surface area (Å²) in [6.07, 6.45) is 1.50. The first-order valence-electron chi connectivity index (χ1n) is 6.89. The standard InChI is InChI=1S/C15H21N3O2S/c1-10-5-4-6-11-14(10)17-13(16-11)9-18(2)15(20)12(19)7-8-21-3/h4-6,12,19H,7-9H2,1-3H3,(H,16,17)/t12-/m1/s1. The average molecular weight is 307 g/mol. The van der Waals surface area contributed by atoms with Crippen LogP contribution < -0.4 is 0 Å². The Balaban J connectivity index is 2.05. The van der Waals surface area contributed by atoms with Crippen LogP contribution in [0.25, 0.3) is 11.0 Å². The van der Waals surface area contributed by atoms with Gasteiger partial charge in [0.15, 0.2) is 0 Å². The number of aromatic amines is 1. The van der Waals surface area contributed by atoms with Gasteiger partial charge in [-0.1, -0.05) is 12.1 Å². The number of H-pyrrole nitrogens is 1. The number of amides is 1.